The van der Waals surface area contributed by atoms with Crippen molar-refractivity contribution >= 4 is 11.2 Å². The van der Waals surface area contributed by atoms with Gasteiger partial charge in [0.1, 0.15) is 11.3 Å². The molecule has 1 radical (unpaired) electrons. The van der Waals surface area contributed by atoms with Gasteiger partial charge in [-0.3, -0.25) is 5.11 Å². The maximum absolute atomic E-state index is 13.7. The van der Waals surface area contributed by atoms with Crippen LogP contribution in [-0.2, 0) is 5.11 Å². The highest BCUT2D eigenvalue weighted by Gasteiger charge is 2.15. The third kappa shape index (κ3) is 3.17. The van der Waals surface area contributed by atoms with Gasteiger partial charge in [0.2, 0.25) is 5.89 Å². The van der Waals surface area contributed by atoms with Crippen molar-refractivity contribution in [2.75, 3.05) is 0 Å². The summed E-state index contributed by atoms with van der Waals surface area (Å²) in [4.78, 5) is 12.3. The van der Waals surface area contributed by atoms with Crippen molar-refractivity contribution in [3.8, 4) is 29.0 Å². The van der Waals surface area contributed by atoms with Crippen LogP contribution in [0.15, 0.2) is 40.9 Å². The van der Waals surface area contributed by atoms with Crippen molar-refractivity contribution in [1.29, 1.82) is 0 Å². The van der Waals surface area contributed by atoms with Gasteiger partial charge in [0.15, 0.2) is 17.3 Å². The Morgan fingerprint density at radius 2 is 1.78 bits per heavy atom. The maximum atomic E-state index is 13.7. The molecule has 0 atom stereocenters. The number of ether oxygens (including phenoxy) is 1. The van der Waals surface area contributed by atoms with Crippen molar-refractivity contribution < 1.29 is 23.0 Å². The fourth-order valence-corrected chi connectivity index (χ4v) is 2.62. The number of nitrogens with zero attached hydrogens (tertiary/aromatic N) is 3. The quantitative estimate of drug-likeness (QED) is 0.501. The standard InChI is InChI=1S/C19H12F2N3O3/c1-9-5-11(6-10(2)16(9)25)17-23-14-8-22-19(24-18(14)27-17)26-15-4-3-12(20)7-13(15)21/h3-8H,1-2H3. The first-order valence-corrected chi connectivity index (χ1v) is 7.96. The third-order valence-corrected chi connectivity index (χ3v) is 3.93. The zero-order valence-corrected chi connectivity index (χ0v) is 14.3. The molecule has 0 aliphatic heterocycles. The van der Waals surface area contributed by atoms with Gasteiger partial charge in [0.05, 0.1) is 6.20 Å². The number of oxazole rings is 1. The minimum atomic E-state index is -0.874. The second kappa shape index (κ2) is 6.31. The first kappa shape index (κ1) is 16.9. The lowest BCUT2D eigenvalue weighted by atomic mass is 10.1. The van der Waals surface area contributed by atoms with Crippen molar-refractivity contribution in [2.24, 2.45) is 0 Å². The number of hydrogen-bond acceptors (Lipinski definition) is 5. The van der Waals surface area contributed by atoms with Crippen LogP contribution >= 0.6 is 0 Å². The Hall–Kier alpha value is -3.55. The van der Waals surface area contributed by atoms with Gasteiger partial charge in [-0.2, -0.15) is 4.98 Å². The first-order valence-electron chi connectivity index (χ1n) is 7.96. The summed E-state index contributed by atoms with van der Waals surface area (Å²) in [7, 11) is 0. The van der Waals surface area contributed by atoms with Crippen LogP contribution in [0.2, 0.25) is 0 Å². The number of benzene rings is 2. The van der Waals surface area contributed by atoms with E-state index in [1.54, 1.807) is 26.0 Å². The number of rotatable bonds is 3. The molecule has 0 spiro atoms. The fraction of sp³-hybridized carbons (Fsp3) is 0.105. The molecule has 2 aromatic carbocycles. The van der Waals surface area contributed by atoms with Gasteiger partial charge in [0, 0.05) is 11.6 Å². The summed E-state index contributed by atoms with van der Waals surface area (Å²) in [5.41, 5.74) is 2.30. The van der Waals surface area contributed by atoms with Crippen LogP contribution in [0.1, 0.15) is 11.1 Å². The van der Waals surface area contributed by atoms with Crippen LogP contribution in [0, 0.1) is 25.5 Å². The SMILES string of the molecule is Cc1cc(-c2nc3cnc(Oc4ccc(F)cc4F)nc3o2)cc(C)c1[O]. The molecule has 0 aliphatic carbocycles. The second-order valence-corrected chi connectivity index (χ2v) is 5.98. The zero-order chi connectivity index (χ0) is 19.1. The second-order valence-electron chi connectivity index (χ2n) is 5.98. The molecule has 0 unspecified atom stereocenters. The van der Waals surface area contributed by atoms with E-state index in [0.717, 1.165) is 12.1 Å². The summed E-state index contributed by atoms with van der Waals surface area (Å²) in [5, 5.41) is 11.8. The molecule has 0 aliphatic rings. The van der Waals surface area contributed by atoms with E-state index < -0.39 is 11.6 Å². The van der Waals surface area contributed by atoms with E-state index in [1.165, 1.54) is 6.20 Å². The lowest BCUT2D eigenvalue weighted by Gasteiger charge is -2.03. The lowest BCUT2D eigenvalue weighted by molar-refractivity contribution is 0.348. The first-order chi connectivity index (χ1) is 12.9. The Morgan fingerprint density at radius 1 is 1.04 bits per heavy atom. The third-order valence-electron chi connectivity index (χ3n) is 3.93. The normalized spacial score (nSPS) is 11.1. The van der Waals surface area contributed by atoms with Crippen LogP contribution in [-0.4, -0.2) is 15.0 Å². The van der Waals surface area contributed by atoms with Gasteiger partial charge in [-0.05, 0) is 49.2 Å². The molecule has 8 heteroatoms. The van der Waals surface area contributed by atoms with E-state index in [2.05, 4.69) is 15.0 Å². The van der Waals surface area contributed by atoms with Gasteiger partial charge in [-0.1, -0.05) is 0 Å². The molecule has 6 nitrogen and oxygen atoms in total. The van der Waals surface area contributed by atoms with Gasteiger partial charge in [0.25, 0.3) is 5.71 Å². The molecule has 4 rings (SSSR count). The monoisotopic (exact) mass is 368 g/mol. The topological polar surface area (TPSA) is 80.9 Å². The van der Waals surface area contributed by atoms with E-state index in [-0.39, 0.29) is 29.1 Å². The van der Waals surface area contributed by atoms with Crippen molar-refractivity contribution in [2.45, 2.75) is 13.8 Å². The number of halogens is 2. The Labute approximate surface area is 152 Å². The molecule has 0 saturated carbocycles. The summed E-state index contributed by atoms with van der Waals surface area (Å²) >= 11 is 0. The van der Waals surface area contributed by atoms with Gasteiger partial charge in [-0.15, -0.1) is 0 Å². The molecule has 4 aromatic rings. The highest BCUT2D eigenvalue weighted by molar-refractivity contribution is 5.72. The van der Waals surface area contributed by atoms with Crippen molar-refractivity contribution in [3.05, 3.63) is 59.3 Å². The van der Waals surface area contributed by atoms with Crippen LogP contribution < -0.4 is 4.74 Å². The summed E-state index contributed by atoms with van der Waals surface area (Å²) < 4.78 is 37.6. The summed E-state index contributed by atoms with van der Waals surface area (Å²) in [5.74, 6) is -1.57. The largest absolute Gasteiger partial charge is 0.421 e. The van der Waals surface area contributed by atoms with Crippen LogP contribution in [0.3, 0.4) is 0 Å². The molecule has 2 aromatic heterocycles. The molecule has 0 N–H and O–H groups in total. The molecular weight excluding hydrogens is 356 g/mol. The van der Waals surface area contributed by atoms with Gasteiger partial charge >= 0.3 is 6.01 Å². The molecule has 135 valence electrons. The minimum absolute atomic E-state index is 0.0355. The fourth-order valence-electron chi connectivity index (χ4n) is 2.62. The highest BCUT2D eigenvalue weighted by Crippen LogP contribution is 2.31. The van der Waals surface area contributed by atoms with Gasteiger partial charge in [-0.25, -0.2) is 18.7 Å². The smallest absolute Gasteiger partial charge is 0.325 e. The van der Waals surface area contributed by atoms with Crippen LogP contribution in [0.4, 0.5) is 8.78 Å². The average molecular weight is 368 g/mol. The Bertz CT molecular complexity index is 1150. The maximum Gasteiger partial charge on any atom is 0.325 e. The average Bonchev–Trinajstić information content (AvgIpc) is 3.05. The number of hydrogen-bond donors (Lipinski definition) is 0. The van der Waals surface area contributed by atoms with Crippen molar-refractivity contribution in [1.82, 2.24) is 15.0 Å². The molecule has 0 bridgehead atoms. The van der Waals surface area contributed by atoms with E-state index in [1.807, 2.05) is 0 Å². The van der Waals surface area contributed by atoms with Crippen LogP contribution in [0.25, 0.3) is 22.7 Å². The summed E-state index contributed by atoms with van der Waals surface area (Å²) in [6.45, 7) is 3.43. The molecule has 27 heavy (non-hydrogen) atoms. The molecule has 0 amide bonds. The summed E-state index contributed by atoms with van der Waals surface area (Å²) in [6, 6.07) is 6.09. The number of aromatic nitrogens is 3. The van der Waals surface area contributed by atoms with E-state index in [9.17, 15) is 13.9 Å². The van der Waals surface area contributed by atoms with Crippen LogP contribution in [0.5, 0.6) is 17.5 Å². The molecular formula is C19H12F2N3O3. The Balaban J connectivity index is 1.70. The van der Waals surface area contributed by atoms with Gasteiger partial charge < -0.3 is 9.15 Å². The molecule has 0 fully saturated rings. The predicted octanol–water partition coefficient (Wildman–Crippen LogP) is 5.12. The number of aryl methyl sites for hydroxylation is 2. The number of fused-ring (bicyclic) bond motifs is 1. The Kier molecular flexibility index (Phi) is 3.95. The highest BCUT2D eigenvalue weighted by atomic mass is 19.1. The van der Waals surface area contributed by atoms with E-state index in [0.29, 0.717) is 28.3 Å². The van der Waals surface area contributed by atoms with E-state index in [4.69, 9.17) is 9.15 Å². The van der Waals surface area contributed by atoms with Crippen molar-refractivity contribution in [3.63, 3.8) is 0 Å². The molecule has 2 heterocycles. The summed E-state index contributed by atoms with van der Waals surface area (Å²) in [6.07, 6.45) is 1.37. The Morgan fingerprint density at radius 3 is 2.48 bits per heavy atom. The minimum Gasteiger partial charge on any atom is -0.421 e. The molecule has 0 saturated heterocycles. The predicted molar refractivity (Wildman–Crippen MR) is 91.1 cm³/mol. The lowest BCUT2D eigenvalue weighted by Crippen LogP contribution is -1.94. The zero-order valence-electron chi connectivity index (χ0n) is 14.3. The van der Waals surface area contributed by atoms with E-state index >= 15 is 0 Å².